The van der Waals surface area contributed by atoms with Gasteiger partial charge in [-0.25, -0.2) is 0 Å². The summed E-state index contributed by atoms with van der Waals surface area (Å²) >= 11 is 7.38. The average Bonchev–Trinajstić information content (AvgIpc) is 3.00. The molecule has 2 aliphatic rings. The minimum absolute atomic E-state index is 0.0774. The third-order valence-corrected chi connectivity index (χ3v) is 7.61. The first kappa shape index (κ1) is 22.6. The number of aryl methyl sites for hydroxylation is 1. The highest BCUT2D eigenvalue weighted by Crippen LogP contribution is 2.50. The molecule has 1 fully saturated rings. The molecule has 0 unspecified atom stereocenters. The van der Waals surface area contributed by atoms with Gasteiger partial charge < -0.3 is 10.2 Å². The smallest absolute Gasteiger partial charge is 0.358 e. The van der Waals surface area contributed by atoms with Gasteiger partial charge in [-0.05, 0) is 93.0 Å². The van der Waals surface area contributed by atoms with Gasteiger partial charge in [-0.3, -0.25) is 0 Å². The predicted molar refractivity (Wildman–Crippen MR) is 123 cm³/mol. The Morgan fingerprint density at radius 3 is 2.58 bits per heavy atom. The van der Waals surface area contributed by atoms with Crippen LogP contribution in [-0.2, 0) is 18.0 Å². The molecule has 0 aromatic heterocycles. The van der Waals surface area contributed by atoms with E-state index in [9.17, 15) is 13.2 Å². The molecule has 2 aromatic rings. The van der Waals surface area contributed by atoms with E-state index in [1.807, 2.05) is 24.3 Å². The van der Waals surface area contributed by atoms with Crippen LogP contribution in [0.3, 0.4) is 0 Å². The van der Waals surface area contributed by atoms with Gasteiger partial charge >= 0.3 is 6.18 Å². The highest BCUT2D eigenvalue weighted by atomic mass is 35.5. The maximum absolute atomic E-state index is 13.3. The first-order valence-electron chi connectivity index (χ1n) is 10.5. The number of hydrogen-bond donors (Lipinski definition) is 1. The average molecular weight is 467 g/mol. The number of thioether (sulfide) groups is 1. The second-order valence-electron chi connectivity index (χ2n) is 8.35. The monoisotopic (exact) mass is 466 g/mol. The highest BCUT2D eigenvalue weighted by molar-refractivity contribution is 7.98. The van der Waals surface area contributed by atoms with Crippen LogP contribution in [0.2, 0.25) is 5.02 Å². The van der Waals surface area contributed by atoms with Crippen molar-refractivity contribution in [2.75, 3.05) is 31.2 Å². The van der Waals surface area contributed by atoms with Crippen LogP contribution in [0.4, 0.5) is 18.9 Å². The Labute approximate surface area is 190 Å². The van der Waals surface area contributed by atoms with Gasteiger partial charge in [0.05, 0.1) is 5.56 Å². The number of nitrogens with zero attached hydrogens (tertiary/aromatic N) is 1. The minimum Gasteiger partial charge on any atom is -0.358 e. The molecule has 2 aromatic carbocycles. The third kappa shape index (κ3) is 4.48. The minimum atomic E-state index is -4.31. The van der Waals surface area contributed by atoms with Gasteiger partial charge in [0.25, 0.3) is 0 Å². The molecule has 0 atom stereocenters. The number of hydrogen-bond acceptors (Lipinski definition) is 3. The normalized spacial score (nSPS) is 18.3. The molecule has 1 N–H and O–H groups in total. The van der Waals surface area contributed by atoms with Crippen molar-refractivity contribution in [1.29, 1.82) is 0 Å². The Morgan fingerprint density at radius 1 is 1.16 bits per heavy atom. The SMILES string of the molecule is C=C1Nc2ccc(Cl)cc2C12CCN(CCCc1ccc(SC)c(C(F)(F)F)c1)CC2. The Hall–Kier alpha value is -1.63. The molecule has 1 saturated heterocycles. The van der Waals surface area contributed by atoms with E-state index in [1.165, 1.54) is 11.6 Å². The summed E-state index contributed by atoms with van der Waals surface area (Å²) in [4.78, 5) is 2.69. The van der Waals surface area contributed by atoms with Crippen LogP contribution in [0.15, 0.2) is 53.6 Å². The lowest BCUT2D eigenvalue weighted by Crippen LogP contribution is -2.43. The number of likely N-dealkylation sites (tertiary alicyclic amines) is 1. The van der Waals surface area contributed by atoms with E-state index in [0.717, 1.165) is 72.6 Å². The summed E-state index contributed by atoms with van der Waals surface area (Å²) in [6.07, 6.45) is 0.775. The fourth-order valence-electron chi connectivity index (χ4n) is 4.83. The molecule has 2 aliphatic heterocycles. The number of nitrogens with one attached hydrogen (secondary N) is 1. The van der Waals surface area contributed by atoms with Crippen molar-refractivity contribution in [3.8, 4) is 0 Å². The largest absolute Gasteiger partial charge is 0.417 e. The molecule has 31 heavy (non-hydrogen) atoms. The van der Waals surface area contributed by atoms with Gasteiger partial charge in [-0.1, -0.05) is 24.2 Å². The Kier molecular flexibility index (Phi) is 6.35. The fraction of sp³-hybridized carbons (Fsp3) is 0.417. The summed E-state index contributed by atoms with van der Waals surface area (Å²) < 4.78 is 39.9. The van der Waals surface area contributed by atoms with Gasteiger partial charge in [0.2, 0.25) is 0 Å². The van der Waals surface area contributed by atoms with Gasteiger partial charge in [0.1, 0.15) is 0 Å². The summed E-state index contributed by atoms with van der Waals surface area (Å²) in [5.74, 6) is 0. The van der Waals surface area contributed by atoms with Crippen molar-refractivity contribution in [2.24, 2.45) is 0 Å². The van der Waals surface area contributed by atoms with Crippen LogP contribution in [-0.4, -0.2) is 30.8 Å². The molecule has 0 saturated carbocycles. The Balaban J connectivity index is 1.35. The lowest BCUT2D eigenvalue weighted by atomic mass is 9.72. The number of fused-ring (bicyclic) bond motifs is 2. The van der Waals surface area contributed by atoms with Crippen LogP contribution in [0.5, 0.6) is 0 Å². The summed E-state index contributed by atoms with van der Waals surface area (Å²) in [6.45, 7) is 7.03. The van der Waals surface area contributed by atoms with E-state index in [4.69, 9.17) is 11.6 Å². The van der Waals surface area contributed by atoms with Crippen LogP contribution >= 0.6 is 23.4 Å². The summed E-state index contributed by atoms with van der Waals surface area (Å²) in [7, 11) is 0. The fourth-order valence-corrected chi connectivity index (χ4v) is 5.61. The molecular weight excluding hydrogens is 441 g/mol. The van der Waals surface area contributed by atoms with E-state index < -0.39 is 11.7 Å². The van der Waals surface area contributed by atoms with Gasteiger partial charge in [-0.15, -0.1) is 11.8 Å². The van der Waals surface area contributed by atoms with Crippen molar-refractivity contribution < 1.29 is 13.2 Å². The van der Waals surface area contributed by atoms with Crippen LogP contribution in [0.25, 0.3) is 0 Å². The number of anilines is 1. The summed E-state index contributed by atoms with van der Waals surface area (Å²) in [6, 6.07) is 10.7. The first-order chi connectivity index (χ1) is 14.7. The number of rotatable bonds is 5. The number of benzene rings is 2. The molecule has 1 spiro atoms. The van der Waals surface area contributed by atoms with E-state index in [-0.39, 0.29) is 10.3 Å². The molecule has 2 nitrogen and oxygen atoms in total. The molecule has 0 amide bonds. The molecule has 166 valence electrons. The quantitative estimate of drug-likeness (QED) is 0.478. The van der Waals surface area contributed by atoms with Crippen LogP contribution < -0.4 is 5.32 Å². The molecular formula is C24H26ClF3N2S. The topological polar surface area (TPSA) is 15.3 Å². The lowest BCUT2D eigenvalue weighted by Gasteiger charge is -2.40. The Morgan fingerprint density at radius 2 is 1.90 bits per heavy atom. The zero-order chi connectivity index (χ0) is 22.2. The van der Waals surface area contributed by atoms with Gasteiger partial charge in [0.15, 0.2) is 0 Å². The predicted octanol–water partition coefficient (Wildman–Crippen LogP) is 6.99. The lowest BCUT2D eigenvalue weighted by molar-refractivity contribution is -0.139. The summed E-state index contributed by atoms with van der Waals surface area (Å²) in [5.41, 5.74) is 3.51. The number of piperidine rings is 1. The van der Waals surface area contributed by atoms with Gasteiger partial charge in [0, 0.05) is 26.7 Å². The molecule has 0 aliphatic carbocycles. The number of halogens is 4. The van der Waals surface area contributed by atoms with Crippen molar-refractivity contribution in [1.82, 2.24) is 4.90 Å². The van der Waals surface area contributed by atoms with E-state index in [2.05, 4.69) is 16.8 Å². The van der Waals surface area contributed by atoms with Crippen molar-refractivity contribution in [3.05, 3.63) is 70.4 Å². The van der Waals surface area contributed by atoms with E-state index >= 15 is 0 Å². The van der Waals surface area contributed by atoms with Crippen molar-refractivity contribution in [2.45, 2.75) is 42.2 Å². The zero-order valence-corrected chi connectivity index (χ0v) is 19.1. The van der Waals surface area contributed by atoms with Crippen LogP contribution in [0, 0.1) is 0 Å². The van der Waals surface area contributed by atoms with Crippen molar-refractivity contribution in [3.63, 3.8) is 0 Å². The molecule has 4 rings (SSSR count). The second-order valence-corrected chi connectivity index (χ2v) is 9.64. The maximum atomic E-state index is 13.3. The highest BCUT2D eigenvalue weighted by Gasteiger charge is 2.44. The maximum Gasteiger partial charge on any atom is 0.417 e. The van der Waals surface area contributed by atoms with Crippen LogP contribution in [0.1, 0.15) is 36.0 Å². The zero-order valence-electron chi connectivity index (χ0n) is 17.5. The molecule has 0 bridgehead atoms. The number of alkyl halides is 3. The third-order valence-electron chi connectivity index (χ3n) is 6.58. The molecule has 0 radical (unpaired) electrons. The summed E-state index contributed by atoms with van der Waals surface area (Å²) in [5, 5.41) is 4.16. The van der Waals surface area contributed by atoms with Gasteiger partial charge in [-0.2, -0.15) is 13.2 Å². The Bertz CT molecular complexity index is 981. The van der Waals surface area contributed by atoms with E-state index in [1.54, 1.807) is 12.3 Å². The number of allylic oxidation sites excluding steroid dienone is 1. The standard InChI is InChI=1S/C24H26ClF3N2S/c1-16-23(19-15-18(25)6-7-21(19)29-16)9-12-30(13-10-23)11-3-4-17-5-8-22(31-2)20(14-17)24(26,27)28/h5-8,14-15,29H,1,3-4,9-13H2,2H3. The molecule has 7 heteroatoms. The second kappa shape index (κ2) is 8.72. The van der Waals surface area contributed by atoms with E-state index in [0.29, 0.717) is 6.42 Å². The first-order valence-corrected chi connectivity index (χ1v) is 12.1. The molecule has 2 heterocycles. The van der Waals surface area contributed by atoms with Crippen molar-refractivity contribution >= 4 is 29.1 Å².